The van der Waals surface area contributed by atoms with Crippen LogP contribution in [0.1, 0.15) is 24.5 Å². The zero-order valence-corrected chi connectivity index (χ0v) is 14.7. The van der Waals surface area contributed by atoms with Crippen LogP contribution in [0.25, 0.3) is 22.3 Å². The Hall–Kier alpha value is -3.18. The number of halogens is 1. The van der Waals surface area contributed by atoms with Gasteiger partial charge in [0.25, 0.3) is 0 Å². The molecule has 0 aromatic heterocycles. The van der Waals surface area contributed by atoms with E-state index in [-0.39, 0.29) is 5.82 Å². The summed E-state index contributed by atoms with van der Waals surface area (Å²) in [4.78, 5) is 0. The van der Waals surface area contributed by atoms with Crippen LogP contribution in [-0.2, 0) is 6.42 Å². The van der Waals surface area contributed by atoms with Gasteiger partial charge >= 0.3 is 0 Å². The maximum atomic E-state index is 14.6. The van der Waals surface area contributed by atoms with Crippen molar-refractivity contribution < 1.29 is 4.39 Å². The molecule has 0 radical (unpaired) electrons. The lowest BCUT2D eigenvalue weighted by atomic mass is 9.98. The molecule has 0 aliphatic carbocycles. The zero-order chi connectivity index (χ0) is 18.4. The summed E-state index contributed by atoms with van der Waals surface area (Å²) in [6.45, 7) is 2.03. The fraction of sp³-hybridized carbons (Fsp3) is 0.125. The number of benzene rings is 3. The predicted molar refractivity (Wildman–Crippen MR) is 105 cm³/mol. The molecule has 0 aliphatic heterocycles. The fourth-order valence-electron chi connectivity index (χ4n) is 2.93. The van der Waals surface area contributed by atoms with E-state index in [4.69, 9.17) is 5.26 Å². The maximum absolute atomic E-state index is 14.6. The second-order valence-corrected chi connectivity index (χ2v) is 6.19. The largest absolute Gasteiger partial charge is 0.206 e. The van der Waals surface area contributed by atoms with Crippen molar-refractivity contribution in [1.82, 2.24) is 0 Å². The lowest BCUT2D eigenvalue weighted by Crippen LogP contribution is -1.88. The highest BCUT2D eigenvalue weighted by Gasteiger charge is 2.08. The molecule has 0 spiro atoms. The van der Waals surface area contributed by atoms with Crippen LogP contribution >= 0.6 is 0 Å². The molecule has 3 rings (SSSR count). The second kappa shape index (κ2) is 8.27. The van der Waals surface area contributed by atoms with Crippen molar-refractivity contribution in [1.29, 1.82) is 5.26 Å². The molecule has 2 heteroatoms. The van der Waals surface area contributed by atoms with Gasteiger partial charge in [0.1, 0.15) is 5.82 Å². The van der Waals surface area contributed by atoms with Gasteiger partial charge in [0, 0.05) is 5.56 Å². The van der Waals surface area contributed by atoms with Gasteiger partial charge in [-0.3, -0.25) is 0 Å². The minimum Gasteiger partial charge on any atom is -0.206 e. The summed E-state index contributed by atoms with van der Waals surface area (Å²) in [6.07, 6.45) is 6.26. The van der Waals surface area contributed by atoms with E-state index in [0.717, 1.165) is 29.5 Å². The molecule has 0 N–H and O–H groups in total. The monoisotopic (exact) mass is 341 g/mol. The summed E-state index contributed by atoms with van der Waals surface area (Å²) in [6, 6.07) is 22.6. The Bertz CT molecular complexity index is 945. The Balaban J connectivity index is 1.81. The predicted octanol–water partition coefficient (Wildman–Crippen LogP) is 6.54. The third-order valence-electron chi connectivity index (χ3n) is 4.42. The molecule has 128 valence electrons. The third kappa shape index (κ3) is 4.07. The number of nitriles is 1. The Morgan fingerprint density at radius 3 is 2.15 bits per heavy atom. The Kier molecular flexibility index (Phi) is 5.61. The lowest BCUT2D eigenvalue weighted by Gasteiger charge is -2.08. The van der Waals surface area contributed by atoms with Crippen LogP contribution in [0.4, 0.5) is 4.39 Å². The molecule has 0 aliphatic rings. The van der Waals surface area contributed by atoms with Crippen LogP contribution in [0.2, 0.25) is 0 Å². The van der Waals surface area contributed by atoms with Crippen molar-refractivity contribution in [2.24, 2.45) is 0 Å². The average Bonchev–Trinajstić information content (AvgIpc) is 2.69. The first-order chi connectivity index (χ1) is 12.7. The normalized spacial score (nSPS) is 10.8. The molecule has 3 aromatic carbocycles. The number of hydrogen-bond donors (Lipinski definition) is 0. The van der Waals surface area contributed by atoms with Crippen LogP contribution < -0.4 is 0 Å². The molecule has 0 unspecified atom stereocenters. The van der Waals surface area contributed by atoms with Crippen LogP contribution in [0.3, 0.4) is 0 Å². The molecule has 26 heavy (non-hydrogen) atoms. The number of aryl methyl sites for hydroxylation is 1. The SMILES string of the molecule is C/C=C/CCc1ccc(-c2ccc(-c3ccc(C#N)cc3)c(F)c2)cc1. The molecule has 0 saturated carbocycles. The summed E-state index contributed by atoms with van der Waals surface area (Å²) in [5.74, 6) is -0.260. The van der Waals surface area contributed by atoms with Crippen LogP contribution in [0, 0.1) is 17.1 Å². The van der Waals surface area contributed by atoms with Crippen molar-refractivity contribution in [2.75, 3.05) is 0 Å². The smallest absolute Gasteiger partial charge is 0.131 e. The minimum atomic E-state index is -0.260. The zero-order valence-electron chi connectivity index (χ0n) is 14.7. The van der Waals surface area contributed by atoms with Gasteiger partial charge in [-0.15, -0.1) is 0 Å². The highest BCUT2D eigenvalue weighted by Crippen LogP contribution is 2.28. The molecule has 0 heterocycles. The van der Waals surface area contributed by atoms with E-state index < -0.39 is 0 Å². The minimum absolute atomic E-state index is 0.260. The summed E-state index contributed by atoms with van der Waals surface area (Å²) in [5, 5.41) is 8.87. The van der Waals surface area contributed by atoms with Crippen LogP contribution in [-0.4, -0.2) is 0 Å². The molecule has 0 saturated heterocycles. The van der Waals surface area contributed by atoms with Crippen LogP contribution in [0.5, 0.6) is 0 Å². The molecule has 0 bridgehead atoms. The molecule has 0 amide bonds. The van der Waals surface area contributed by atoms with E-state index >= 15 is 0 Å². The summed E-state index contributed by atoms with van der Waals surface area (Å²) in [5.41, 5.74) is 5.03. The Morgan fingerprint density at radius 1 is 0.885 bits per heavy atom. The van der Waals surface area contributed by atoms with Gasteiger partial charge in [-0.25, -0.2) is 4.39 Å². The molecule has 1 nitrogen and oxygen atoms in total. The highest BCUT2D eigenvalue weighted by molar-refractivity contribution is 5.71. The topological polar surface area (TPSA) is 23.8 Å². The first-order valence-corrected chi connectivity index (χ1v) is 8.72. The number of hydrogen-bond acceptors (Lipinski definition) is 1. The van der Waals surface area contributed by atoms with E-state index in [9.17, 15) is 4.39 Å². The van der Waals surface area contributed by atoms with Crippen molar-refractivity contribution in [2.45, 2.75) is 19.8 Å². The quantitative estimate of drug-likeness (QED) is 0.483. The maximum Gasteiger partial charge on any atom is 0.131 e. The van der Waals surface area contributed by atoms with Gasteiger partial charge in [0.05, 0.1) is 11.6 Å². The summed E-state index contributed by atoms with van der Waals surface area (Å²) < 4.78 is 14.6. The Labute approximate surface area is 154 Å². The first-order valence-electron chi connectivity index (χ1n) is 8.72. The standard InChI is InChI=1S/C24H20FN/c1-2-3-4-5-18-6-10-20(11-7-18)22-14-15-23(24(25)16-22)21-12-8-19(17-26)9-13-21/h2-3,6-16H,4-5H2,1H3/b3-2+. The molecular weight excluding hydrogens is 321 g/mol. The summed E-state index contributed by atoms with van der Waals surface area (Å²) in [7, 11) is 0. The lowest BCUT2D eigenvalue weighted by molar-refractivity contribution is 0.632. The Morgan fingerprint density at radius 2 is 1.54 bits per heavy atom. The number of rotatable bonds is 5. The van der Waals surface area contributed by atoms with Crippen molar-refractivity contribution in [3.8, 4) is 28.3 Å². The summed E-state index contributed by atoms with van der Waals surface area (Å²) >= 11 is 0. The number of allylic oxidation sites excluding steroid dienone is 2. The average molecular weight is 341 g/mol. The van der Waals surface area contributed by atoms with Gasteiger partial charge in [0.2, 0.25) is 0 Å². The van der Waals surface area contributed by atoms with Gasteiger partial charge in [-0.2, -0.15) is 5.26 Å². The molecular formula is C24H20FN. The van der Waals surface area contributed by atoms with Crippen molar-refractivity contribution >= 4 is 0 Å². The van der Waals surface area contributed by atoms with E-state index in [1.807, 2.05) is 25.1 Å². The first kappa shape index (κ1) is 17.6. The second-order valence-electron chi connectivity index (χ2n) is 6.19. The van der Waals surface area contributed by atoms with E-state index in [1.165, 1.54) is 5.56 Å². The van der Waals surface area contributed by atoms with Gasteiger partial charge in [-0.1, -0.05) is 60.7 Å². The van der Waals surface area contributed by atoms with E-state index in [0.29, 0.717) is 11.1 Å². The van der Waals surface area contributed by atoms with Gasteiger partial charge in [-0.05, 0) is 60.2 Å². The number of nitrogens with zero attached hydrogens (tertiary/aromatic N) is 1. The molecule has 0 atom stereocenters. The molecule has 0 fully saturated rings. The third-order valence-corrected chi connectivity index (χ3v) is 4.42. The van der Waals surface area contributed by atoms with Crippen LogP contribution in [0.15, 0.2) is 78.9 Å². The highest BCUT2D eigenvalue weighted by atomic mass is 19.1. The van der Waals surface area contributed by atoms with Crippen molar-refractivity contribution in [3.05, 3.63) is 95.8 Å². The van der Waals surface area contributed by atoms with E-state index in [2.05, 4.69) is 30.4 Å². The van der Waals surface area contributed by atoms with Crippen molar-refractivity contribution in [3.63, 3.8) is 0 Å². The fourth-order valence-corrected chi connectivity index (χ4v) is 2.93. The van der Waals surface area contributed by atoms with Gasteiger partial charge < -0.3 is 0 Å². The molecule has 3 aromatic rings. The van der Waals surface area contributed by atoms with Gasteiger partial charge in [0.15, 0.2) is 0 Å². The van der Waals surface area contributed by atoms with E-state index in [1.54, 1.807) is 36.4 Å².